The van der Waals surface area contributed by atoms with Crippen LogP contribution in [0, 0.1) is 11.3 Å². The van der Waals surface area contributed by atoms with Crippen molar-refractivity contribution in [2.75, 3.05) is 11.4 Å². The van der Waals surface area contributed by atoms with E-state index in [1.165, 1.54) is 22.7 Å². The van der Waals surface area contributed by atoms with Gasteiger partial charge in [0.2, 0.25) is 0 Å². The summed E-state index contributed by atoms with van der Waals surface area (Å²) in [7, 11) is 1.65. The average molecular weight is 362 g/mol. The summed E-state index contributed by atoms with van der Waals surface area (Å²) in [6, 6.07) is 9.81. The van der Waals surface area contributed by atoms with E-state index in [4.69, 9.17) is 0 Å². The number of imidazole rings is 1. The van der Waals surface area contributed by atoms with E-state index in [0.29, 0.717) is 33.7 Å². The molecule has 0 spiro atoms. The van der Waals surface area contributed by atoms with E-state index in [9.17, 15) is 10.1 Å². The highest BCUT2D eigenvalue weighted by atomic mass is 32.2. The molecular formula is C18H14N6OS. The van der Waals surface area contributed by atoms with E-state index < -0.39 is 0 Å². The predicted octanol–water partition coefficient (Wildman–Crippen LogP) is 2.65. The number of hydrogen-bond acceptors (Lipinski definition) is 6. The van der Waals surface area contributed by atoms with Crippen molar-refractivity contribution in [3.8, 4) is 6.07 Å². The fourth-order valence-electron chi connectivity index (χ4n) is 2.80. The highest BCUT2D eigenvalue weighted by Gasteiger charge is 2.32. The van der Waals surface area contributed by atoms with Crippen molar-refractivity contribution in [1.82, 2.24) is 19.5 Å². The molecule has 1 N–H and O–H groups in total. The first-order valence-corrected chi connectivity index (χ1v) is 8.67. The van der Waals surface area contributed by atoms with E-state index in [0.717, 1.165) is 11.0 Å². The van der Waals surface area contributed by atoms with Gasteiger partial charge < -0.3 is 14.5 Å². The maximum Gasteiger partial charge on any atom is 0.269 e. The van der Waals surface area contributed by atoms with Crippen LogP contribution in [0.3, 0.4) is 0 Å². The number of thioether (sulfide) groups is 1. The van der Waals surface area contributed by atoms with Crippen molar-refractivity contribution >= 4 is 34.2 Å². The van der Waals surface area contributed by atoms with E-state index >= 15 is 0 Å². The van der Waals surface area contributed by atoms with E-state index in [2.05, 4.69) is 27.6 Å². The quantitative estimate of drug-likeness (QED) is 0.569. The maximum absolute atomic E-state index is 12.5. The molecule has 7 nitrogen and oxygen atoms in total. The Morgan fingerprint density at radius 1 is 1.46 bits per heavy atom. The van der Waals surface area contributed by atoms with Gasteiger partial charge in [-0.25, -0.2) is 9.97 Å². The summed E-state index contributed by atoms with van der Waals surface area (Å²) in [5, 5.41) is 10.4. The van der Waals surface area contributed by atoms with Crippen LogP contribution in [0.2, 0.25) is 0 Å². The van der Waals surface area contributed by atoms with Crippen LogP contribution in [0.1, 0.15) is 5.82 Å². The van der Waals surface area contributed by atoms with E-state index in [1.54, 1.807) is 13.1 Å². The molecule has 26 heavy (non-hydrogen) atoms. The first kappa shape index (κ1) is 16.2. The number of nitriles is 1. The minimum absolute atomic E-state index is 0.147. The van der Waals surface area contributed by atoms with Gasteiger partial charge >= 0.3 is 0 Å². The van der Waals surface area contributed by atoms with E-state index in [1.807, 2.05) is 29.2 Å². The Morgan fingerprint density at radius 2 is 2.27 bits per heavy atom. The Kier molecular flexibility index (Phi) is 3.86. The van der Waals surface area contributed by atoms with Crippen molar-refractivity contribution in [2.45, 2.75) is 4.90 Å². The number of para-hydroxylation sites is 2. The second-order valence-corrected chi connectivity index (χ2v) is 6.71. The average Bonchev–Trinajstić information content (AvgIpc) is 3.22. The van der Waals surface area contributed by atoms with Gasteiger partial charge in [-0.2, -0.15) is 5.26 Å². The minimum atomic E-state index is -0.147. The molecule has 8 heteroatoms. The minimum Gasteiger partial charge on any atom is -0.337 e. The molecular weight excluding hydrogens is 348 g/mol. The van der Waals surface area contributed by atoms with Crippen LogP contribution in [-0.4, -0.2) is 26.1 Å². The zero-order valence-electron chi connectivity index (χ0n) is 13.9. The highest BCUT2D eigenvalue weighted by molar-refractivity contribution is 8.04. The maximum atomic E-state index is 12.5. The zero-order valence-corrected chi connectivity index (χ0v) is 14.7. The summed E-state index contributed by atoms with van der Waals surface area (Å²) in [6.07, 6.45) is 3.19. The summed E-state index contributed by atoms with van der Waals surface area (Å²) < 4.78 is 1.42. The number of hydrogen-bond donors (Lipinski definition) is 1. The molecule has 0 radical (unpaired) electrons. The highest BCUT2D eigenvalue weighted by Crippen LogP contribution is 2.45. The fraction of sp³-hybridized carbons (Fsp3) is 0.111. The molecule has 0 saturated carbocycles. The van der Waals surface area contributed by atoms with Crippen LogP contribution >= 0.6 is 11.8 Å². The predicted molar refractivity (Wildman–Crippen MR) is 102 cm³/mol. The molecule has 2 aromatic heterocycles. The Labute approximate surface area is 153 Å². The number of aromatic nitrogens is 4. The molecule has 0 amide bonds. The number of allylic oxidation sites excluding steroid dienone is 1. The first-order valence-electron chi connectivity index (χ1n) is 7.85. The number of aromatic amines is 1. The van der Waals surface area contributed by atoms with Crippen LogP contribution in [0.25, 0.3) is 16.6 Å². The van der Waals surface area contributed by atoms with E-state index in [-0.39, 0.29) is 5.56 Å². The third-order valence-electron chi connectivity index (χ3n) is 4.03. The summed E-state index contributed by atoms with van der Waals surface area (Å²) in [6.45, 7) is 4.20. The first-order chi connectivity index (χ1) is 12.6. The number of anilines is 1. The van der Waals surface area contributed by atoms with Crippen LogP contribution in [0.5, 0.6) is 0 Å². The second-order valence-electron chi connectivity index (χ2n) is 5.71. The Balaban J connectivity index is 1.93. The number of fused-ring (bicyclic) bond motifs is 2. The molecule has 0 unspecified atom stereocenters. The SMILES string of the molecule is C=CCN1/C(=C(/C#N)c2nc3ccccc3[nH]2)Sc2c1ncn(C)c2=O. The summed E-state index contributed by atoms with van der Waals surface area (Å²) in [5.41, 5.74) is 1.85. The van der Waals surface area contributed by atoms with Gasteiger partial charge in [-0.15, -0.1) is 6.58 Å². The molecule has 128 valence electrons. The molecule has 0 aliphatic carbocycles. The van der Waals surface area contributed by atoms with Crippen LogP contribution in [0.4, 0.5) is 5.82 Å². The van der Waals surface area contributed by atoms with Crippen LogP contribution in [-0.2, 0) is 7.05 Å². The topological polar surface area (TPSA) is 90.6 Å². The molecule has 3 heterocycles. The Bertz CT molecular complexity index is 1130. The van der Waals surface area contributed by atoms with Gasteiger partial charge in [0.1, 0.15) is 21.6 Å². The molecule has 1 aliphatic heterocycles. The number of H-pyrrole nitrogens is 1. The van der Waals surface area contributed by atoms with Gasteiger partial charge in [-0.1, -0.05) is 30.0 Å². The normalized spacial score (nSPS) is 15.0. The smallest absolute Gasteiger partial charge is 0.269 e. The molecule has 0 fully saturated rings. The Morgan fingerprint density at radius 3 is 3.00 bits per heavy atom. The second kappa shape index (κ2) is 6.20. The van der Waals surface area contributed by atoms with Crippen molar-refractivity contribution in [1.29, 1.82) is 5.26 Å². The molecule has 0 saturated heterocycles. The van der Waals surface area contributed by atoms with Gasteiger partial charge in [0, 0.05) is 13.6 Å². The monoisotopic (exact) mass is 362 g/mol. The van der Waals surface area contributed by atoms with Crippen molar-refractivity contribution < 1.29 is 0 Å². The zero-order chi connectivity index (χ0) is 18.3. The third kappa shape index (κ3) is 2.41. The fourth-order valence-corrected chi connectivity index (χ4v) is 3.99. The van der Waals surface area contributed by atoms with Gasteiger partial charge in [-0.3, -0.25) is 4.79 Å². The summed E-state index contributed by atoms with van der Waals surface area (Å²) in [4.78, 5) is 26.8. The molecule has 4 rings (SSSR count). The van der Waals surface area contributed by atoms with Crippen molar-refractivity contribution in [3.05, 3.63) is 64.5 Å². The van der Waals surface area contributed by atoms with Gasteiger partial charge in [-0.05, 0) is 12.1 Å². The number of rotatable bonds is 3. The third-order valence-corrected chi connectivity index (χ3v) is 5.21. The number of benzene rings is 1. The van der Waals surface area contributed by atoms with Crippen molar-refractivity contribution in [3.63, 3.8) is 0 Å². The number of nitrogens with one attached hydrogen (secondary N) is 1. The number of nitrogens with zero attached hydrogens (tertiary/aromatic N) is 5. The lowest BCUT2D eigenvalue weighted by molar-refractivity contribution is 0.790. The van der Waals surface area contributed by atoms with Gasteiger partial charge in [0.15, 0.2) is 11.6 Å². The largest absolute Gasteiger partial charge is 0.337 e. The molecule has 0 atom stereocenters. The van der Waals surface area contributed by atoms with Crippen LogP contribution < -0.4 is 10.5 Å². The molecule has 3 aromatic rings. The lowest BCUT2D eigenvalue weighted by Crippen LogP contribution is -2.23. The van der Waals surface area contributed by atoms with Crippen LogP contribution in [0.15, 0.2) is 58.0 Å². The molecule has 1 aromatic carbocycles. The molecule has 0 bridgehead atoms. The summed E-state index contributed by atoms with van der Waals surface area (Å²) >= 11 is 1.24. The standard InChI is InChI=1S/C18H14N6OS/c1-3-8-24-16-14(17(25)23(2)10-20-16)26-18(24)11(9-19)15-21-12-6-4-5-7-13(12)22-15/h3-7,10H,1,8H2,2H3,(H,21,22)/b18-11+. The lowest BCUT2D eigenvalue weighted by Gasteiger charge is -2.17. The summed E-state index contributed by atoms with van der Waals surface area (Å²) in [5.74, 6) is 1.01. The van der Waals surface area contributed by atoms with Gasteiger partial charge in [0.05, 0.1) is 17.4 Å². The lowest BCUT2D eigenvalue weighted by atomic mass is 10.3. The van der Waals surface area contributed by atoms with Crippen molar-refractivity contribution in [2.24, 2.45) is 7.05 Å². The number of aryl methyl sites for hydroxylation is 1. The Hall–Kier alpha value is -3.31. The van der Waals surface area contributed by atoms with Gasteiger partial charge in [0.25, 0.3) is 5.56 Å². The molecule has 1 aliphatic rings.